The van der Waals surface area contributed by atoms with E-state index in [1.165, 1.54) is 0 Å². The van der Waals surface area contributed by atoms with Crippen molar-refractivity contribution in [3.8, 4) is 0 Å². The fourth-order valence-electron chi connectivity index (χ4n) is 13.4. The van der Waals surface area contributed by atoms with E-state index in [1.807, 2.05) is 112 Å². The molecule has 316 valence electrons. The Kier molecular flexibility index (Phi) is 9.90. The monoisotopic (exact) mass is 854 g/mol. The zero-order valence-electron chi connectivity index (χ0n) is 35.1. The van der Waals surface area contributed by atoms with Crippen molar-refractivity contribution in [2.75, 3.05) is 6.16 Å². The zero-order valence-corrected chi connectivity index (χ0v) is 36.0. The lowest BCUT2D eigenvalue weighted by Gasteiger charge is -2.60. The molecule has 5 atom stereocenters. The fraction of sp³-hybridized carbons (Fsp3) is 0.375. The number of fused-ring (bicyclic) bond motifs is 6. The van der Waals surface area contributed by atoms with Crippen molar-refractivity contribution < 1.29 is 43.9 Å². The van der Waals surface area contributed by atoms with Crippen LogP contribution in [0.25, 0.3) is 0 Å². The van der Waals surface area contributed by atoms with E-state index in [-0.39, 0.29) is 12.1 Å². The van der Waals surface area contributed by atoms with Gasteiger partial charge in [0.25, 0.3) is 0 Å². The van der Waals surface area contributed by atoms with E-state index in [2.05, 4.69) is 0 Å². The van der Waals surface area contributed by atoms with E-state index < -0.39 is 118 Å². The summed E-state index contributed by atoms with van der Waals surface area (Å²) in [5.41, 5.74) is 3.26. The summed E-state index contributed by atoms with van der Waals surface area (Å²) >= 11 is 0. The Balaban J connectivity index is 1.65. The Morgan fingerprint density at radius 2 is 0.967 bits per heavy atom. The summed E-state index contributed by atoms with van der Waals surface area (Å²) in [5, 5.41) is 1.85. The highest BCUT2D eigenvalue weighted by atomic mass is 31.2. The van der Waals surface area contributed by atoms with Crippen LogP contribution < -0.4 is 21.5 Å². The largest absolute Gasteiger partial charge is 0.207 e. The standard InChI is InChI=1S/C48H46BF10P/c1-20(2)31-27-11-12-28(31)48(9,10)29-19-30-33(32(27)29)49(34-36(50)40(54)44(58)41(55)37(34)51,35-38(52)42(56)45(59)43(57)39(35)53)13-14-60(30,46-23(5)15-21(3)16-24(46)6)47-25(7)17-22(4)18-26(47)8/h11-12,15-19,27-28,30,32-33H,13-14H2,1-10H3/t27-,28+,30-,32-,33-/m0/s1. The Hall–Kier alpha value is -4.11. The van der Waals surface area contributed by atoms with Crippen LogP contribution in [0.2, 0.25) is 12.1 Å². The molecule has 3 aliphatic carbocycles. The van der Waals surface area contributed by atoms with Crippen LogP contribution in [0.15, 0.2) is 59.2 Å². The van der Waals surface area contributed by atoms with Crippen molar-refractivity contribution in [2.24, 2.45) is 23.2 Å². The maximum atomic E-state index is 17.0. The molecule has 4 aliphatic rings. The molecule has 0 spiro atoms. The van der Waals surface area contributed by atoms with Crippen LogP contribution in [0.3, 0.4) is 0 Å². The van der Waals surface area contributed by atoms with E-state index in [4.69, 9.17) is 0 Å². The lowest BCUT2D eigenvalue weighted by atomic mass is 9.10. The van der Waals surface area contributed by atoms with Gasteiger partial charge in [0.15, 0.2) is 34.9 Å². The predicted octanol–water partition coefficient (Wildman–Crippen LogP) is 11.6. The molecule has 2 fully saturated rings. The molecule has 0 N–H and O–H groups in total. The van der Waals surface area contributed by atoms with Crippen LogP contribution in [0.1, 0.15) is 61.1 Å². The second-order valence-electron chi connectivity index (χ2n) is 18.7. The number of hydrogen-bond acceptors (Lipinski definition) is 0. The van der Waals surface area contributed by atoms with Crippen LogP contribution in [0.5, 0.6) is 0 Å². The molecule has 1 heterocycles. The van der Waals surface area contributed by atoms with Crippen LogP contribution in [0, 0.1) is 123 Å². The summed E-state index contributed by atoms with van der Waals surface area (Å²) in [7, 11) is -3.15. The fourth-order valence-corrected chi connectivity index (χ4v) is 20.0. The maximum absolute atomic E-state index is 17.0. The lowest BCUT2D eigenvalue weighted by Crippen LogP contribution is -2.72. The van der Waals surface area contributed by atoms with Gasteiger partial charge in [-0.15, -0.1) is 23.1 Å². The van der Waals surface area contributed by atoms with E-state index in [9.17, 15) is 0 Å². The molecule has 8 rings (SSSR count). The normalized spacial score (nSPS) is 24.4. The molecule has 4 aromatic carbocycles. The van der Waals surface area contributed by atoms with Crippen molar-refractivity contribution in [3.05, 3.63) is 151 Å². The molecular formula is C48H46BF10P. The van der Waals surface area contributed by atoms with Gasteiger partial charge in [0.05, 0.1) is 19.1 Å². The molecule has 0 nitrogen and oxygen atoms in total. The van der Waals surface area contributed by atoms with Gasteiger partial charge < -0.3 is 0 Å². The van der Waals surface area contributed by atoms with Crippen molar-refractivity contribution >= 4 is 34.9 Å². The first-order valence-corrected chi connectivity index (χ1v) is 22.4. The summed E-state index contributed by atoms with van der Waals surface area (Å²) in [4.78, 5) is 0. The number of rotatable bonds is 4. The van der Waals surface area contributed by atoms with Gasteiger partial charge in [0, 0.05) is 18.0 Å². The van der Waals surface area contributed by atoms with Gasteiger partial charge >= 0.3 is 0 Å². The minimum atomic E-state index is -4.12. The van der Waals surface area contributed by atoms with E-state index >= 15 is 43.9 Å². The summed E-state index contributed by atoms with van der Waals surface area (Å²) in [6.45, 7) is 19.5. The summed E-state index contributed by atoms with van der Waals surface area (Å²) in [6.07, 6.45) is 1.08. The second kappa shape index (κ2) is 14.0. The Morgan fingerprint density at radius 1 is 0.583 bits per heavy atom. The third-order valence-corrected chi connectivity index (χ3v) is 20.4. The molecule has 1 saturated carbocycles. The number of halogens is 10. The van der Waals surface area contributed by atoms with Crippen LogP contribution in [-0.4, -0.2) is 18.0 Å². The highest BCUT2D eigenvalue weighted by Gasteiger charge is 2.70. The molecule has 2 bridgehead atoms. The predicted molar refractivity (Wildman–Crippen MR) is 222 cm³/mol. The third kappa shape index (κ3) is 5.35. The smallest absolute Gasteiger partial charge is 0.200 e. The zero-order chi connectivity index (χ0) is 44.0. The van der Waals surface area contributed by atoms with Gasteiger partial charge in [-0.1, -0.05) is 78.1 Å². The van der Waals surface area contributed by atoms with Crippen LogP contribution >= 0.6 is 7.26 Å². The first kappa shape index (κ1) is 42.6. The van der Waals surface area contributed by atoms with Crippen molar-refractivity contribution in [2.45, 2.75) is 87.0 Å². The minimum absolute atomic E-state index is 0.112. The molecule has 60 heavy (non-hydrogen) atoms. The van der Waals surface area contributed by atoms with E-state index in [1.54, 1.807) is 0 Å². The van der Waals surface area contributed by atoms with Gasteiger partial charge in [-0.05, 0) is 95.1 Å². The molecule has 0 unspecified atom stereocenters. The lowest BCUT2D eigenvalue weighted by molar-refractivity contribution is 0.260. The van der Waals surface area contributed by atoms with E-state index in [0.29, 0.717) is 0 Å². The van der Waals surface area contributed by atoms with Crippen LogP contribution in [-0.2, 0) is 0 Å². The Morgan fingerprint density at radius 3 is 1.35 bits per heavy atom. The molecule has 1 saturated heterocycles. The number of allylic oxidation sites excluding steroid dienone is 6. The molecule has 0 amide bonds. The average molecular weight is 855 g/mol. The number of aryl methyl sites for hydroxylation is 6. The first-order valence-electron chi connectivity index (χ1n) is 20.3. The van der Waals surface area contributed by atoms with Gasteiger partial charge in [0.2, 0.25) is 0 Å². The average Bonchev–Trinajstić information content (AvgIpc) is 3.78. The van der Waals surface area contributed by atoms with Crippen molar-refractivity contribution in [1.29, 1.82) is 0 Å². The highest BCUT2D eigenvalue weighted by Crippen LogP contribution is 2.78. The highest BCUT2D eigenvalue weighted by molar-refractivity contribution is 7.91. The molecule has 4 aromatic rings. The van der Waals surface area contributed by atoms with Gasteiger partial charge in [-0.2, -0.15) is 0 Å². The van der Waals surface area contributed by atoms with Gasteiger partial charge in [0.1, 0.15) is 33.9 Å². The number of hydrogen-bond donors (Lipinski definition) is 0. The first-order chi connectivity index (χ1) is 28.0. The minimum Gasteiger partial charge on any atom is -0.207 e. The SMILES string of the molecule is CC(C)=C1[C@H]2C=C[C@@H]1[C@H]1C(=C[C@H]3[C@@H]1[B-](c1c(F)c(F)c(F)c(F)c1F)(c1c(F)c(F)c(F)c(F)c1F)CC[P+]3(c1c(C)cc(C)cc1C)c1c(C)cc(C)cc1C)C2(C)C. The molecular weight excluding hydrogens is 808 g/mol. The quantitative estimate of drug-likeness (QED) is 0.0479. The number of benzene rings is 4. The summed E-state index contributed by atoms with van der Waals surface area (Å²) in [6, 6.07) is 8.07. The topological polar surface area (TPSA) is 0 Å². The maximum Gasteiger partial charge on any atom is 0.200 e. The molecule has 0 radical (unpaired) electrons. The van der Waals surface area contributed by atoms with Crippen molar-refractivity contribution in [3.63, 3.8) is 0 Å². The van der Waals surface area contributed by atoms with Crippen molar-refractivity contribution in [1.82, 2.24) is 0 Å². The summed E-state index contributed by atoms with van der Waals surface area (Å²) < 4.78 is 161. The third-order valence-electron chi connectivity index (χ3n) is 14.9. The van der Waals surface area contributed by atoms with Gasteiger partial charge in [-0.25, -0.2) is 43.9 Å². The Labute approximate surface area is 345 Å². The second-order valence-corrected chi connectivity index (χ2v) is 22.4. The molecule has 1 aliphatic heterocycles. The Bertz CT molecular complexity index is 2440. The van der Waals surface area contributed by atoms with E-state index in [0.717, 1.165) is 60.7 Å². The molecule has 12 heteroatoms. The summed E-state index contributed by atoms with van der Waals surface area (Å²) in [5.74, 6) is -27.0. The molecule has 0 aromatic heterocycles. The van der Waals surface area contributed by atoms with Crippen LogP contribution in [0.4, 0.5) is 43.9 Å². The van der Waals surface area contributed by atoms with Gasteiger partial charge in [-0.3, -0.25) is 0 Å².